The Labute approximate surface area is 325 Å². The molecule has 6 rings (SSSR count). The lowest BCUT2D eigenvalue weighted by Gasteiger charge is -2.40. The molecular weight excluding hydrogens is 756 g/mol. The number of hydrogen-bond acceptors (Lipinski definition) is 9. The fourth-order valence-corrected chi connectivity index (χ4v) is 9.44. The van der Waals surface area contributed by atoms with Crippen molar-refractivity contribution in [3.05, 3.63) is 97.1 Å². The summed E-state index contributed by atoms with van der Waals surface area (Å²) in [5, 5.41) is 13.8. The molecule has 4 heterocycles. The van der Waals surface area contributed by atoms with Crippen LogP contribution in [0.2, 0.25) is 0 Å². The number of benzene rings is 2. The summed E-state index contributed by atoms with van der Waals surface area (Å²) in [7, 11) is 0. The molecule has 1 spiro atoms. The van der Waals surface area contributed by atoms with E-state index in [9.17, 15) is 19.5 Å². The van der Waals surface area contributed by atoms with Crippen LogP contribution in [0.15, 0.2) is 86.0 Å². The van der Waals surface area contributed by atoms with Crippen molar-refractivity contribution in [1.29, 1.82) is 0 Å². The first-order chi connectivity index (χ1) is 26.2. The Kier molecular flexibility index (Phi) is 13.4. The number of aliphatic hydroxyl groups excluding tert-OH is 1. The molecule has 0 aliphatic carbocycles. The molecule has 2 aromatic rings. The number of carbonyl (C=O) groups excluding carboxylic acids is 4. The number of rotatable bonds is 18. The maximum atomic E-state index is 15.0. The summed E-state index contributed by atoms with van der Waals surface area (Å²) in [6, 6.07) is 16.8. The number of morpholine rings is 1. The van der Waals surface area contributed by atoms with Crippen LogP contribution in [0.3, 0.4) is 0 Å². The van der Waals surface area contributed by atoms with Crippen LogP contribution in [0.5, 0.6) is 0 Å². The Balaban J connectivity index is 1.33. The van der Waals surface area contributed by atoms with E-state index in [0.29, 0.717) is 51.1 Å². The smallest absolute Gasteiger partial charge is 0.313 e. The first-order valence-electron chi connectivity index (χ1n) is 18.8. The summed E-state index contributed by atoms with van der Waals surface area (Å²) in [5.41, 5.74) is 0.209. The molecule has 1 unspecified atom stereocenters. The van der Waals surface area contributed by atoms with E-state index in [4.69, 9.17) is 14.2 Å². The van der Waals surface area contributed by atoms with Crippen LogP contribution in [0.4, 0.5) is 0 Å². The number of fused-ring (bicyclic) bond motifs is 1. The number of alkyl halides is 1. The molecule has 3 amide bonds. The zero-order chi connectivity index (χ0) is 38.2. The van der Waals surface area contributed by atoms with Crippen molar-refractivity contribution in [2.24, 2.45) is 11.8 Å². The summed E-state index contributed by atoms with van der Waals surface area (Å²) >= 11 is 3.76. The number of likely N-dealkylation sites (tertiary alicyclic amines) is 1. The number of ether oxygens (including phenoxy) is 3. The van der Waals surface area contributed by atoms with Gasteiger partial charge < -0.3 is 34.4 Å². The normalized spacial score (nSPS) is 27.2. The van der Waals surface area contributed by atoms with Crippen LogP contribution in [0, 0.1) is 11.8 Å². The Hall–Kier alpha value is -3.88. The highest BCUT2D eigenvalue weighted by molar-refractivity contribution is 9.09. The number of aliphatic hydroxyl groups is 1. The minimum atomic E-state index is -1.36. The molecule has 4 aliphatic heterocycles. The maximum Gasteiger partial charge on any atom is 0.313 e. The molecule has 2 N–H and O–H groups in total. The SMILES string of the molecule is C=CCCC(=O)NC[C@@H](OC(=O)[C@@H]1[C@H]2O[C@@]3(CC2Br)[C@H](C(=O)N(CC=C)CCN2CCOCC2)N([C@@H](CO)Cc2ccccc2)C(=O)[C@@H]13)c1ccccc1. The average Bonchev–Trinajstić information content (AvgIpc) is 3.80. The molecule has 0 aromatic heterocycles. The molecule has 2 bridgehead atoms. The molecule has 290 valence electrons. The van der Waals surface area contributed by atoms with E-state index in [1.165, 1.54) is 4.90 Å². The number of carbonyl (C=O) groups is 4. The molecule has 54 heavy (non-hydrogen) atoms. The molecule has 0 saturated carbocycles. The number of amides is 3. The number of hydrogen-bond donors (Lipinski definition) is 2. The minimum absolute atomic E-state index is 0.0298. The van der Waals surface area contributed by atoms with E-state index < -0.39 is 60.2 Å². The predicted octanol–water partition coefficient (Wildman–Crippen LogP) is 3.05. The van der Waals surface area contributed by atoms with Gasteiger partial charge in [-0.2, -0.15) is 0 Å². The van der Waals surface area contributed by atoms with Gasteiger partial charge in [0.1, 0.15) is 17.7 Å². The molecule has 0 radical (unpaired) electrons. The Morgan fingerprint density at radius 2 is 1.78 bits per heavy atom. The standard InChI is InChI=1S/C41H51BrN4O8/c1-3-5-16-33(48)43-26-32(29-14-10-7-11-15-29)53-40(51)34-35-38(49)46(30(27-47)24-28-12-8-6-9-13-28)37(41(35)25-31(42)36(34)54-41)39(50)45(17-4-2)19-18-44-20-22-52-23-21-44/h3-4,6-15,30-32,34-37,47H,1-2,5,16-27H2,(H,43,48)/t30-,31?,32-,34+,35-,36+,37+,41-/m1/s1. The van der Waals surface area contributed by atoms with E-state index >= 15 is 4.79 Å². The van der Waals surface area contributed by atoms with Crippen molar-refractivity contribution in [3.63, 3.8) is 0 Å². The Morgan fingerprint density at radius 1 is 1.07 bits per heavy atom. The number of nitrogens with zero attached hydrogens (tertiary/aromatic N) is 3. The lowest BCUT2D eigenvalue weighted by molar-refractivity contribution is -0.161. The van der Waals surface area contributed by atoms with Crippen molar-refractivity contribution in [2.75, 3.05) is 59.1 Å². The first kappa shape index (κ1) is 39.8. The largest absolute Gasteiger partial charge is 0.455 e. The molecule has 4 fully saturated rings. The van der Waals surface area contributed by atoms with E-state index in [1.807, 2.05) is 60.7 Å². The number of halogens is 1. The molecule has 8 atom stereocenters. The van der Waals surface area contributed by atoms with Crippen molar-refractivity contribution in [3.8, 4) is 0 Å². The molecule has 13 heteroatoms. The van der Waals surface area contributed by atoms with Gasteiger partial charge in [0, 0.05) is 44.0 Å². The molecule has 2 aromatic carbocycles. The quantitative estimate of drug-likeness (QED) is 0.132. The van der Waals surface area contributed by atoms with Crippen LogP contribution in [0.1, 0.15) is 36.5 Å². The van der Waals surface area contributed by atoms with Gasteiger partial charge >= 0.3 is 5.97 Å². The lowest BCUT2D eigenvalue weighted by Crippen LogP contribution is -2.60. The second-order valence-electron chi connectivity index (χ2n) is 14.4. The van der Waals surface area contributed by atoms with Gasteiger partial charge in [-0.1, -0.05) is 88.7 Å². The molecular formula is C41H51BrN4O8. The highest BCUT2D eigenvalue weighted by Gasteiger charge is 2.77. The van der Waals surface area contributed by atoms with Gasteiger partial charge in [0.25, 0.3) is 0 Å². The van der Waals surface area contributed by atoms with Crippen molar-refractivity contribution < 1.29 is 38.5 Å². The number of allylic oxidation sites excluding steroid dienone is 1. The number of esters is 1. The van der Waals surface area contributed by atoms with Gasteiger partial charge in [-0.3, -0.25) is 24.1 Å². The third-order valence-electron chi connectivity index (χ3n) is 11.1. The van der Waals surface area contributed by atoms with Crippen LogP contribution >= 0.6 is 15.9 Å². The fourth-order valence-electron chi connectivity index (χ4n) is 8.50. The first-order valence-corrected chi connectivity index (χ1v) is 19.8. The van der Waals surface area contributed by atoms with E-state index in [-0.39, 0.29) is 36.2 Å². The highest BCUT2D eigenvalue weighted by Crippen LogP contribution is 2.61. The van der Waals surface area contributed by atoms with E-state index in [0.717, 1.165) is 18.7 Å². The summed E-state index contributed by atoms with van der Waals surface area (Å²) in [4.78, 5) is 62.2. The topological polar surface area (TPSA) is 138 Å². The Bertz CT molecular complexity index is 1640. The van der Waals surface area contributed by atoms with Gasteiger partial charge in [-0.25, -0.2) is 0 Å². The molecule has 4 saturated heterocycles. The fraction of sp³-hybridized carbons (Fsp3) is 0.512. The van der Waals surface area contributed by atoms with Crippen LogP contribution < -0.4 is 5.32 Å². The van der Waals surface area contributed by atoms with Gasteiger partial charge in [0.05, 0.1) is 50.3 Å². The summed E-state index contributed by atoms with van der Waals surface area (Å²) in [5.74, 6) is -3.67. The van der Waals surface area contributed by atoms with Crippen LogP contribution in [-0.4, -0.2) is 131 Å². The van der Waals surface area contributed by atoms with Gasteiger partial charge in [-0.15, -0.1) is 13.2 Å². The van der Waals surface area contributed by atoms with Gasteiger partial charge in [0.2, 0.25) is 17.7 Å². The monoisotopic (exact) mass is 806 g/mol. The predicted molar refractivity (Wildman–Crippen MR) is 205 cm³/mol. The Morgan fingerprint density at radius 3 is 2.44 bits per heavy atom. The van der Waals surface area contributed by atoms with Crippen molar-refractivity contribution >= 4 is 39.6 Å². The van der Waals surface area contributed by atoms with Crippen LogP contribution in [-0.2, 0) is 39.8 Å². The zero-order valence-electron chi connectivity index (χ0n) is 30.6. The van der Waals surface area contributed by atoms with E-state index in [1.54, 1.807) is 17.1 Å². The van der Waals surface area contributed by atoms with Crippen LogP contribution in [0.25, 0.3) is 0 Å². The van der Waals surface area contributed by atoms with Gasteiger partial charge in [-0.05, 0) is 30.4 Å². The number of nitrogens with one attached hydrogen (secondary N) is 1. The third kappa shape index (κ3) is 8.35. The van der Waals surface area contributed by atoms with E-state index in [2.05, 4.69) is 39.3 Å². The summed E-state index contributed by atoms with van der Waals surface area (Å²) < 4.78 is 18.5. The molecule has 4 aliphatic rings. The van der Waals surface area contributed by atoms with Crippen molar-refractivity contribution in [1.82, 2.24) is 20.0 Å². The second kappa shape index (κ2) is 18.2. The lowest BCUT2D eigenvalue weighted by atomic mass is 9.70. The van der Waals surface area contributed by atoms with Crippen molar-refractivity contribution in [2.45, 2.75) is 60.4 Å². The summed E-state index contributed by atoms with van der Waals surface area (Å²) in [6.45, 7) is 11.2. The van der Waals surface area contributed by atoms with Gasteiger partial charge in [0.15, 0.2) is 0 Å². The highest BCUT2D eigenvalue weighted by atomic mass is 79.9. The third-order valence-corrected chi connectivity index (χ3v) is 11.9. The maximum absolute atomic E-state index is 15.0. The average molecular weight is 808 g/mol. The second-order valence-corrected chi connectivity index (χ2v) is 15.6. The summed E-state index contributed by atoms with van der Waals surface area (Å²) in [6.07, 6.45) is 3.10. The zero-order valence-corrected chi connectivity index (χ0v) is 32.2. The molecule has 12 nitrogen and oxygen atoms in total. The minimum Gasteiger partial charge on any atom is -0.455 e.